The van der Waals surface area contributed by atoms with Crippen LogP contribution in [0.5, 0.6) is 0 Å². The zero-order valence-electron chi connectivity index (χ0n) is 9.94. The Morgan fingerprint density at radius 1 is 1.22 bits per heavy atom. The van der Waals surface area contributed by atoms with Crippen molar-refractivity contribution in [1.29, 1.82) is 0 Å². The predicted octanol–water partition coefficient (Wildman–Crippen LogP) is 2.35. The molecule has 2 aromatic rings. The first-order valence-corrected chi connectivity index (χ1v) is 6.58. The lowest BCUT2D eigenvalue weighted by Crippen LogP contribution is -2.08. The maximum absolute atomic E-state index is 5.49. The molecule has 94 valence electrons. The fourth-order valence-electron chi connectivity index (χ4n) is 1.57. The van der Waals surface area contributed by atoms with Crippen molar-refractivity contribution in [3.8, 4) is 0 Å². The fraction of sp³-hybridized carbons (Fsp3) is 0.231. The molecular weight excluding hydrogens is 292 g/mol. The quantitative estimate of drug-likeness (QED) is 0.890. The molecule has 0 saturated heterocycles. The second-order valence-corrected chi connectivity index (χ2v) is 4.70. The summed E-state index contributed by atoms with van der Waals surface area (Å²) in [5, 5.41) is 3.28. The number of nitrogens with two attached hydrogens (primary N) is 1. The van der Waals surface area contributed by atoms with Crippen LogP contribution in [0.15, 0.2) is 41.0 Å². The summed E-state index contributed by atoms with van der Waals surface area (Å²) in [5.74, 6) is 1.60. The van der Waals surface area contributed by atoms with E-state index in [1.165, 1.54) is 5.56 Å². The van der Waals surface area contributed by atoms with Gasteiger partial charge in [-0.2, -0.15) is 0 Å². The Balaban J connectivity index is 2.02. The lowest BCUT2D eigenvalue weighted by Gasteiger charge is -2.08. The van der Waals surface area contributed by atoms with Crippen molar-refractivity contribution in [2.24, 2.45) is 5.73 Å². The molecule has 3 N–H and O–H groups in total. The molecule has 0 amide bonds. The highest BCUT2D eigenvalue weighted by Gasteiger charge is 2.01. The molecule has 1 aromatic carbocycles. The number of hydrogen-bond donors (Lipinski definition) is 2. The average Bonchev–Trinajstić information content (AvgIpc) is 2.39. The van der Waals surface area contributed by atoms with Gasteiger partial charge in [0.15, 0.2) is 0 Å². The minimum Gasteiger partial charge on any atom is -0.366 e. The summed E-state index contributed by atoms with van der Waals surface area (Å²) >= 11 is 3.52. The Morgan fingerprint density at radius 3 is 2.83 bits per heavy atom. The van der Waals surface area contributed by atoms with Crippen LogP contribution in [0, 0.1) is 0 Å². The van der Waals surface area contributed by atoms with Gasteiger partial charge < -0.3 is 11.1 Å². The van der Waals surface area contributed by atoms with Crippen LogP contribution in [-0.2, 0) is 13.0 Å². The van der Waals surface area contributed by atoms with Crippen molar-refractivity contribution >= 4 is 21.7 Å². The van der Waals surface area contributed by atoms with Crippen LogP contribution >= 0.6 is 15.9 Å². The van der Waals surface area contributed by atoms with Gasteiger partial charge in [0.2, 0.25) is 0 Å². The second kappa shape index (κ2) is 6.47. The first-order valence-electron chi connectivity index (χ1n) is 5.79. The highest BCUT2D eigenvalue weighted by molar-refractivity contribution is 9.10. The number of nitrogens with one attached hydrogen (secondary N) is 1. The normalized spacial score (nSPS) is 10.3. The van der Waals surface area contributed by atoms with Gasteiger partial charge in [-0.15, -0.1) is 0 Å². The summed E-state index contributed by atoms with van der Waals surface area (Å²) in [4.78, 5) is 8.55. The number of hydrogen-bond acceptors (Lipinski definition) is 4. The topological polar surface area (TPSA) is 63.8 Å². The zero-order chi connectivity index (χ0) is 12.8. The lowest BCUT2D eigenvalue weighted by atomic mass is 10.2. The third kappa shape index (κ3) is 3.51. The molecule has 0 saturated carbocycles. The molecular formula is C13H15BrN4. The first kappa shape index (κ1) is 13.0. The Bertz CT molecular complexity index is 516. The number of halogens is 1. The van der Waals surface area contributed by atoms with Gasteiger partial charge >= 0.3 is 0 Å². The van der Waals surface area contributed by atoms with Crippen LogP contribution in [0.25, 0.3) is 0 Å². The minimum absolute atomic E-state index is 0.563. The number of aromatic nitrogens is 2. The fourth-order valence-corrected chi connectivity index (χ4v) is 2.00. The van der Waals surface area contributed by atoms with E-state index in [1.54, 1.807) is 6.20 Å². The van der Waals surface area contributed by atoms with Crippen LogP contribution in [0.4, 0.5) is 5.82 Å². The van der Waals surface area contributed by atoms with Crippen LogP contribution in [-0.4, -0.2) is 16.5 Å². The van der Waals surface area contributed by atoms with Gasteiger partial charge in [-0.1, -0.05) is 34.1 Å². The van der Waals surface area contributed by atoms with E-state index in [4.69, 9.17) is 5.73 Å². The van der Waals surface area contributed by atoms with E-state index in [9.17, 15) is 0 Å². The molecule has 2 rings (SSSR count). The Hall–Kier alpha value is -1.46. The van der Waals surface area contributed by atoms with Gasteiger partial charge in [-0.25, -0.2) is 9.97 Å². The molecule has 5 heteroatoms. The SMILES string of the molecule is NCCc1nccc(NCc2ccccc2Br)n1. The van der Waals surface area contributed by atoms with E-state index in [-0.39, 0.29) is 0 Å². The Kier molecular flexibility index (Phi) is 4.66. The van der Waals surface area contributed by atoms with Crippen LogP contribution in [0.3, 0.4) is 0 Å². The smallest absolute Gasteiger partial charge is 0.131 e. The number of anilines is 1. The minimum atomic E-state index is 0.563. The van der Waals surface area contributed by atoms with Crippen molar-refractivity contribution in [3.05, 3.63) is 52.4 Å². The van der Waals surface area contributed by atoms with Crippen LogP contribution < -0.4 is 11.1 Å². The monoisotopic (exact) mass is 306 g/mol. The van der Waals surface area contributed by atoms with Crippen molar-refractivity contribution in [3.63, 3.8) is 0 Å². The van der Waals surface area contributed by atoms with E-state index in [0.717, 1.165) is 22.7 Å². The molecule has 1 aromatic heterocycles. The van der Waals surface area contributed by atoms with Gasteiger partial charge in [-0.05, 0) is 24.2 Å². The summed E-state index contributed by atoms with van der Waals surface area (Å²) in [7, 11) is 0. The molecule has 0 unspecified atom stereocenters. The average molecular weight is 307 g/mol. The molecule has 0 radical (unpaired) electrons. The predicted molar refractivity (Wildman–Crippen MR) is 76.3 cm³/mol. The first-order chi connectivity index (χ1) is 8.79. The van der Waals surface area contributed by atoms with E-state index in [0.29, 0.717) is 13.0 Å². The van der Waals surface area contributed by atoms with Gasteiger partial charge in [0, 0.05) is 23.6 Å². The van der Waals surface area contributed by atoms with Crippen molar-refractivity contribution in [2.45, 2.75) is 13.0 Å². The van der Waals surface area contributed by atoms with Crippen LogP contribution in [0.2, 0.25) is 0 Å². The highest BCUT2D eigenvalue weighted by atomic mass is 79.9. The molecule has 0 atom stereocenters. The summed E-state index contributed by atoms with van der Waals surface area (Å²) < 4.78 is 1.09. The second-order valence-electron chi connectivity index (χ2n) is 3.84. The Labute approximate surface area is 115 Å². The third-order valence-electron chi connectivity index (χ3n) is 2.49. The summed E-state index contributed by atoms with van der Waals surface area (Å²) in [6, 6.07) is 9.96. The third-order valence-corrected chi connectivity index (χ3v) is 3.26. The van der Waals surface area contributed by atoms with Crippen LogP contribution in [0.1, 0.15) is 11.4 Å². The maximum atomic E-state index is 5.49. The van der Waals surface area contributed by atoms with E-state index in [1.807, 2.05) is 24.3 Å². The lowest BCUT2D eigenvalue weighted by molar-refractivity contribution is 0.865. The molecule has 0 aliphatic rings. The maximum Gasteiger partial charge on any atom is 0.131 e. The summed E-state index contributed by atoms with van der Waals surface area (Å²) in [5.41, 5.74) is 6.68. The van der Waals surface area contributed by atoms with Gasteiger partial charge in [-0.3, -0.25) is 0 Å². The number of benzene rings is 1. The number of rotatable bonds is 5. The van der Waals surface area contributed by atoms with Gasteiger partial charge in [0.05, 0.1) is 0 Å². The highest BCUT2D eigenvalue weighted by Crippen LogP contribution is 2.16. The molecule has 4 nitrogen and oxygen atoms in total. The molecule has 0 aliphatic heterocycles. The van der Waals surface area contributed by atoms with E-state index < -0.39 is 0 Å². The zero-order valence-corrected chi connectivity index (χ0v) is 11.5. The molecule has 0 bridgehead atoms. The molecule has 0 spiro atoms. The Morgan fingerprint density at radius 2 is 2.06 bits per heavy atom. The summed E-state index contributed by atoms with van der Waals surface area (Å²) in [6.45, 7) is 1.29. The van der Waals surface area contributed by atoms with Gasteiger partial charge in [0.25, 0.3) is 0 Å². The van der Waals surface area contributed by atoms with Crippen molar-refractivity contribution < 1.29 is 0 Å². The molecule has 0 fully saturated rings. The summed E-state index contributed by atoms with van der Waals surface area (Å²) in [6.07, 6.45) is 2.45. The number of nitrogens with zero attached hydrogens (tertiary/aromatic N) is 2. The van der Waals surface area contributed by atoms with E-state index in [2.05, 4.69) is 37.3 Å². The largest absolute Gasteiger partial charge is 0.366 e. The molecule has 1 heterocycles. The standard InChI is InChI=1S/C13H15BrN4/c14-11-4-2-1-3-10(11)9-17-13-6-8-16-12(18-13)5-7-15/h1-4,6,8H,5,7,9,15H2,(H,16,17,18). The van der Waals surface area contributed by atoms with Crippen molar-refractivity contribution in [1.82, 2.24) is 9.97 Å². The molecule has 0 aliphatic carbocycles. The molecule has 18 heavy (non-hydrogen) atoms. The van der Waals surface area contributed by atoms with Crippen molar-refractivity contribution in [2.75, 3.05) is 11.9 Å². The van der Waals surface area contributed by atoms with Gasteiger partial charge in [0.1, 0.15) is 11.6 Å². The van der Waals surface area contributed by atoms with E-state index >= 15 is 0 Å².